The van der Waals surface area contributed by atoms with E-state index in [2.05, 4.69) is 22.3 Å². The standard InChI is InChI=1S/C15H21ClN4O/c1-5-20-13(15(16)10(2)19-20)8-12(17-3)11-6-7-18-9-14(11)21-4/h6-7,9,12,17H,5,8H2,1-4H3. The van der Waals surface area contributed by atoms with Gasteiger partial charge in [-0.2, -0.15) is 5.10 Å². The Bertz CT molecular complexity index is 612. The first kappa shape index (κ1) is 15.8. The van der Waals surface area contributed by atoms with Crippen molar-refractivity contribution >= 4 is 11.6 Å². The van der Waals surface area contributed by atoms with E-state index in [1.54, 1.807) is 19.5 Å². The summed E-state index contributed by atoms with van der Waals surface area (Å²) in [6.45, 7) is 4.79. The van der Waals surface area contributed by atoms with Crippen LogP contribution in [0.15, 0.2) is 18.5 Å². The molecule has 114 valence electrons. The van der Waals surface area contributed by atoms with Crippen LogP contribution in [0.1, 0.15) is 29.9 Å². The van der Waals surface area contributed by atoms with Crippen molar-refractivity contribution in [2.75, 3.05) is 14.2 Å². The maximum absolute atomic E-state index is 6.40. The van der Waals surface area contributed by atoms with E-state index in [4.69, 9.17) is 16.3 Å². The number of ether oxygens (including phenoxy) is 1. The number of rotatable bonds is 6. The van der Waals surface area contributed by atoms with Crippen molar-refractivity contribution < 1.29 is 4.74 Å². The van der Waals surface area contributed by atoms with Crippen LogP contribution in [0, 0.1) is 6.92 Å². The second kappa shape index (κ2) is 6.91. The maximum Gasteiger partial charge on any atom is 0.141 e. The Hall–Kier alpha value is -1.59. The number of hydrogen-bond acceptors (Lipinski definition) is 4. The average Bonchev–Trinajstić information content (AvgIpc) is 2.79. The average molecular weight is 309 g/mol. The number of methoxy groups -OCH3 is 1. The zero-order valence-electron chi connectivity index (χ0n) is 12.9. The van der Waals surface area contributed by atoms with Crippen molar-refractivity contribution in [2.45, 2.75) is 32.9 Å². The molecule has 0 saturated carbocycles. The smallest absolute Gasteiger partial charge is 0.141 e. The summed E-state index contributed by atoms with van der Waals surface area (Å²) in [5.41, 5.74) is 2.97. The van der Waals surface area contributed by atoms with Crippen LogP contribution in [0.3, 0.4) is 0 Å². The normalized spacial score (nSPS) is 12.4. The first-order valence-electron chi connectivity index (χ1n) is 6.99. The van der Waals surface area contributed by atoms with E-state index < -0.39 is 0 Å². The molecule has 0 aliphatic heterocycles. The summed E-state index contributed by atoms with van der Waals surface area (Å²) < 4.78 is 7.35. The van der Waals surface area contributed by atoms with Gasteiger partial charge in [-0.25, -0.2) is 0 Å². The van der Waals surface area contributed by atoms with Gasteiger partial charge in [0.15, 0.2) is 0 Å². The zero-order chi connectivity index (χ0) is 15.4. The molecule has 1 N–H and O–H groups in total. The monoisotopic (exact) mass is 308 g/mol. The molecule has 0 bridgehead atoms. The lowest BCUT2D eigenvalue weighted by atomic mass is 10.0. The van der Waals surface area contributed by atoms with Crippen LogP contribution < -0.4 is 10.1 Å². The van der Waals surface area contributed by atoms with Gasteiger partial charge in [-0.1, -0.05) is 11.6 Å². The molecule has 0 spiro atoms. The lowest BCUT2D eigenvalue weighted by molar-refractivity contribution is 0.398. The fourth-order valence-electron chi connectivity index (χ4n) is 2.47. The second-order valence-electron chi connectivity index (χ2n) is 4.82. The molecule has 0 saturated heterocycles. The van der Waals surface area contributed by atoms with Gasteiger partial charge in [0.05, 0.1) is 29.7 Å². The van der Waals surface area contributed by atoms with Crippen LogP contribution in [-0.2, 0) is 13.0 Å². The molecule has 2 aromatic heterocycles. The topological polar surface area (TPSA) is 52.0 Å². The van der Waals surface area contributed by atoms with Crippen LogP contribution in [0.25, 0.3) is 0 Å². The maximum atomic E-state index is 6.40. The Morgan fingerprint density at radius 1 is 1.48 bits per heavy atom. The molecule has 2 rings (SSSR count). The van der Waals surface area contributed by atoms with Gasteiger partial charge in [0.25, 0.3) is 0 Å². The second-order valence-corrected chi connectivity index (χ2v) is 5.20. The van der Waals surface area contributed by atoms with E-state index in [1.807, 2.05) is 24.7 Å². The molecule has 0 radical (unpaired) electrons. The van der Waals surface area contributed by atoms with Gasteiger partial charge in [0.2, 0.25) is 0 Å². The Morgan fingerprint density at radius 2 is 2.24 bits per heavy atom. The molecule has 0 fully saturated rings. The van der Waals surface area contributed by atoms with E-state index in [9.17, 15) is 0 Å². The molecule has 2 aromatic rings. The molecule has 6 heteroatoms. The van der Waals surface area contributed by atoms with Gasteiger partial charge in [0, 0.05) is 30.8 Å². The minimum atomic E-state index is 0.0850. The van der Waals surface area contributed by atoms with Crippen molar-refractivity contribution in [1.82, 2.24) is 20.1 Å². The van der Waals surface area contributed by atoms with Gasteiger partial charge in [-0.05, 0) is 27.0 Å². The van der Waals surface area contributed by atoms with E-state index >= 15 is 0 Å². The van der Waals surface area contributed by atoms with Gasteiger partial charge in [-0.15, -0.1) is 0 Å². The summed E-state index contributed by atoms with van der Waals surface area (Å²) in [4.78, 5) is 4.10. The number of hydrogen-bond donors (Lipinski definition) is 1. The third kappa shape index (κ3) is 3.19. The number of halogens is 1. The highest BCUT2D eigenvalue weighted by atomic mass is 35.5. The first-order chi connectivity index (χ1) is 10.1. The number of pyridine rings is 1. The number of nitrogens with zero attached hydrogens (tertiary/aromatic N) is 3. The van der Waals surface area contributed by atoms with Crippen molar-refractivity contribution in [2.24, 2.45) is 0 Å². The SMILES string of the molecule is CCn1nc(C)c(Cl)c1CC(NC)c1ccncc1OC. The van der Waals surface area contributed by atoms with Crippen molar-refractivity contribution in [3.63, 3.8) is 0 Å². The largest absolute Gasteiger partial charge is 0.495 e. The van der Waals surface area contributed by atoms with E-state index in [0.29, 0.717) is 0 Å². The molecule has 21 heavy (non-hydrogen) atoms. The van der Waals surface area contributed by atoms with Crippen LogP contribution in [0.4, 0.5) is 0 Å². The van der Waals surface area contributed by atoms with Crippen LogP contribution in [0.5, 0.6) is 5.75 Å². The van der Waals surface area contributed by atoms with Crippen molar-refractivity contribution in [1.29, 1.82) is 0 Å². The molecule has 0 aliphatic rings. The minimum Gasteiger partial charge on any atom is -0.495 e. The van der Waals surface area contributed by atoms with Gasteiger partial charge in [0.1, 0.15) is 5.75 Å². The highest BCUT2D eigenvalue weighted by Crippen LogP contribution is 2.29. The fraction of sp³-hybridized carbons (Fsp3) is 0.467. The molecular formula is C15H21ClN4O. The molecule has 1 atom stereocenters. The summed E-state index contributed by atoms with van der Waals surface area (Å²) in [5, 5.41) is 8.53. The molecular weight excluding hydrogens is 288 g/mol. The Kier molecular flexibility index (Phi) is 5.20. The molecule has 0 aromatic carbocycles. The minimum absolute atomic E-state index is 0.0850. The van der Waals surface area contributed by atoms with E-state index in [1.165, 1.54) is 0 Å². The first-order valence-corrected chi connectivity index (χ1v) is 7.37. The third-order valence-electron chi connectivity index (χ3n) is 3.61. The van der Waals surface area contributed by atoms with Gasteiger partial charge >= 0.3 is 0 Å². The predicted octanol–water partition coefficient (Wildman–Crippen LogP) is 2.77. The molecule has 5 nitrogen and oxygen atoms in total. The highest BCUT2D eigenvalue weighted by molar-refractivity contribution is 6.31. The number of aromatic nitrogens is 3. The van der Waals surface area contributed by atoms with Crippen molar-refractivity contribution in [3.8, 4) is 5.75 Å². The zero-order valence-corrected chi connectivity index (χ0v) is 13.6. The quantitative estimate of drug-likeness (QED) is 0.891. The van der Waals surface area contributed by atoms with Crippen LogP contribution >= 0.6 is 11.6 Å². The summed E-state index contributed by atoms with van der Waals surface area (Å²) in [6, 6.07) is 2.05. The lowest BCUT2D eigenvalue weighted by Crippen LogP contribution is -2.21. The fourth-order valence-corrected chi connectivity index (χ4v) is 2.69. The highest BCUT2D eigenvalue weighted by Gasteiger charge is 2.20. The number of likely N-dealkylation sites (N-methyl/N-ethyl adjacent to an activating group) is 1. The van der Waals surface area contributed by atoms with Crippen LogP contribution in [-0.4, -0.2) is 28.9 Å². The number of aryl methyl sites for hydroxylation is 2. The summed E-state index contributed by atoms with van der Waals surface area (Å²) in [5.74, 6) is 0.771. The molecule has 0 amide bonds. The Balaban J connectivity index is 2.36. The lowest BCUT2D eigenvalue weighted by Gasteiger charge is -2.19. The summed E-state index contributed by atoms with van der Waals surface area (Å²) in [7, 11) is 3.58. The van der Waals surface area contributed by atoms with Gasteiger partial charge in [-0.3, -0.25) is 9.67 Å². The summed E-state index contributed by atoms with van der Waals surface area (Å²) in [6.07, 6.45) is 4.24. The molecule has 2 heterocycles. The van der Waals surface area contributed by atoms with E-state index in [0.717, 1.165) is 40.7 Å². The Labute approximate surface area is 130 Å². The van der Waals surface area contributed by atoms with Gasteiger partial charge < -0.3 is 10.1 Å². The Morgan fingerprint density at radius 3 is 2.86 bits per heavy atom. The molecule has 0 aliphatic carbocycles. The van der Waals surface area contributed by atoms with Crippen molar-refractivity contribution in [3.05, 3.63) is 40.4 Å². The van der Waals surface area contributed by atoms with E-state index in [-0.39, 0.29) is 6.04 Å². The summed E-state index contributed by atoms with van der Waals surface area (Å²) >= 11 is 6.40. The van der Waals surface area contributed by atoms with Crippen LogP contribution in [0.2, 0.25) is 5.02 Å². The predicted molar refractivity (Wildman–Crippen MR) is 83.9 cm³/mol. The number of nitrogens with one attached hydrogen (secondary N) is 1. The molecule has 1 unspecified atom stereocenters. The third-order valence-corrected chi connectivity index (χ3v) is 4.10.